The first kappa shape index (κ1) is 9.73. The molecule has 1 saturated heterocycles. The summed E-state index contributed by atoms with van der Waals surface area (Å²) in [5, 5.41) is 4.61. The molecule has 0 unspecified atom stereocenters. The molecule has 0 atom stereocenters. The SMILES string of the molecule is c1cc(N2CCCNCC2)c2occc2c1. The number of para-hydroxylation sites is 1. The third kappa shape index (κ3) is 1.67. The van der Waals surface area contributed by atoms with Crippen molar-refractivity contribution in [3.8, 4) is 0 Å². The van der Waals surface area contributed by atoms with Crippen molar-refractivity contribution in [2.24, 2.45) is 0 Å². The monoisotopic (exact) mass is 216 g/mol. The Morgan fingerprint density at radius 2 is 2.12 bits per heavy atom. The second-order valence-corrected chi connectivity index (χ2v) is 4.21. The zero-order valence-electron chi connectivity index (χ0n) is 9.28. The normalized spacial score (nSPS) is 17.6. The zero-order chi connectivity index (χ0) is 10.8. The Balaban J connectivity index is 2.00. The Morgan fingerprint density at radius 1 is 1.12 bits per heavy atom. The summed E-state index contributed by atoms with van der Waals surface area (Å²) in [6, 6.07) is 8.37. The third-order valence-electron chi connectivity index (χ3n) is 3.14. The first-order chi connectivity index (χ1) is 7.95. The van der Waals surface area contributed by atoms with Gasteiger partial charge in [-0.1, -0.05) is 12.1 Å². The molecular weight excluding hydrogens is 200 g/mol. The van der Waals surface area contributed by atoms with Gasteiger partial charge in [0.25, 0.3) is 0 Å². The molecule has 84 valence electrons. The highest BCUT2D eigenvalue weighted by atomic mass is 16.3. The summed E-state index contributed by atoms with van der Waals surface area (Å²) in [5.41, 5.74) is 2.25. The average Bonchev–Trinajstić information content (AvgIpc) is 2.63. The largest absolute Gasteiger partial charge is 0.462 e. The highest BCUT2D eigenvalue weighted by Gasteiger charge is 2.13. The lowest BCUT2D eigenvalue weighted by Crippen LogP contribution is -2.27. The van der Waals surface area contributed by atoms with Crippen LogP contribution in [0, 0.1) is 0 Å². The molecule has 0 bridgehead atoms. The highest BCUT2D eigenvalue weighted by Crippen LogP contribution is 2.27. The molecule has 1 fully saturated rings. The van der Waals surface area contributed by atoms with Gasteiger partial charge in [0.2, 0.25) is 0 Å². The van der Waals surface area contributed by atoms with Crippen LogP contribution in [0.2, 0.25) is 0 Å². The molecule has 0 aliphatic carbocycles. The molecule has 0 spiro atoms. The molecule has 1 N–H and O–H groups in total. The fourth-order valence-electron chi connectivity index (χ4n) is 2.31. The maximum absolute atomic E-state index is 5.58. The van der Waals surface area contributed by atoms with Crippen LogP contribution in [0.5, 0.6) is 0 Å². The van der Waals surface area contributed by atoms with Crippen LogP contribution in [-0.4, -0.2) is 26.2 Å². The van der Waals surface area contributed by atoms with Gasteiger partial charge >= 0.3 is 0 Å². The Kier molecular flexibility index (Phi) is 2.54. The summed E-state index contributed by atoms with van der Waals surface area (Å²) in [5.74, 6) is 0. The zero-order valence-corrected chi connectivity index (χ0v) is 9.28. The standard InChI is InChI=1S/C13H16N2O/c1-3-11-5-10-16-13(11)12(4-1)15-8-2-6-14-7-9-15/h1,3-5,10,14H,2,6-9H2. The van der Waals surface area contributed by atoms with Gasteiger partial charge in [-0.3, -0.25) is 0 Å². The Bertz CT molecular complexity index is 469. The number of fused-ring (bicyclic) bond motifs is 1. The van der Waals surface area contributed by atoms with E-state index in [1.54, 1.807) is 6.26 Å². The van der Waals surface area contributed by atoms with Crippen LogP contribution in [0.25, 0.3) is 11.0 Å². The van der Waals surface area contributed by atoms with Crippen molar-refractivity contribution in [1.82, 2.24) is 5.32 Å². The van der Waals surface area contributed by atoms with Crippen molar-refractivity contribution in [1.29, 1.82) is 0 Å². The van der Waals surface area contributed by atoms with E-state index in [1.807, 2.05) is 6.07 Å². The lowest BCUT2D eigenvalue weighted by atomic mass is 10.2. The van der Waals surface area contributed by atoms with Gasteiger partial charge < -0.3 is 14.6 Å². The quantitative estimate of drug-likeness (QED) is 0.792. The molecule has 0 amide bonds. The molecule has 3 heteroatoms. The van der Waals surface area contributed by atoms with Gasteiger partial charge in [-0.05, 0) is 25.1 Å². The Hall–Kier alpha value is -1.48. The van der Waals surface area contributed by atoms with E-state index >= 15 is 0 Å². The van der Waals surface area contributed by atoms with E-state index < -0.39 is 0 Å². The molecule has 3 rings (SSSR count). The van der Waals surface area contributed by atoms with Gasteiger partial charge in [-0.15, -0.1) is 0 Å². The fourth-order valence-corrected chi connectivity index (χ4v) is 2.31. The predicted octanol–water partition coefficient (Wildman–Crippen LogP) is 2.23. The summed E-state index contributed by atoms with van der Waals surface area (Å²) in [6.07, 6.45) is 2.96. The lowest BCUT2D eigenvalue weighted by molar-refractivity contribution is 0.613. The number of nitrogens with zero attached hydrogens (tertiary/aromatic N) is 1. The van der Waals surface area contributed by atoms with Gasteiger partial charge in [0.15, 0.2) is 5.58 Å². The molecule has 3 nitrogen and oxygen atoms in total. The molecular formula is C13H16N2O. The van der Waals surface area contributed by atoms with Crippen LogP contribution in [0.1, 0.15) is 6.42 Å². The smallest absolute Gasteiger partial charge is 0.157 e. The number of rotatable bonds is 1. The fraction of sp³-hybridized carbons (Fsp3) is 0.385. The number of anilines is 1. The van der Waals surface area contributed by atoms with Crippen molar-refractivity contribution in [3.05, 3.63) is 30.5 Å². The minimum absolute atomic E-state index is 1.02. The molecule has 0 radical (unpaired) electrons. The minimum Gasteiger partial charge on any atom is -0.462 e. The first-order valence-electron chi connectivity index (χ1n) is 5.87. The Morgan fingerprint density at radius 3 is 3.12 bits per heavy atom. The predicted molar refractivity (Wildman–Crippen MR) is 65.9 cm³/mol. The van der Waals surface area contributed by atoms with Gasteiger partial charge in [0.1, 0.15) is 0 Å². The molecule has 1 aromatic carbocycles. The van der Waals surface area contributed by atoms with E-state index in [-0.39, 0.29) is 0 Å². The van der Waals surface area contributed by atoms with Gasteiger partial charge in [0.05, 0.1) is 12.0 Å². The molecule has 1 aliphatic rings. The van der Waals surface area contributed by atoms with E-state index in [4.69, 9.17) is 4.42 Å². The second-order valence-electron chi connectivity index (χ2n) is 4.21. The topological polar surface area (TPSA) is 28.4 Å². The molecule has 16 heavy (non-hydrogen) atoms. The van der Waals surface area contributed by atoms with Gasteiger partial charge in [0, 0.05) is 25.0 Å². The van der Waals surface area contributed by atoms with Crippen LogP contribution < -0.4 is 10.2 Å². The summed E-state index contributed by atoms with van der Waals surface area (Å²) in [4.78, 5) is 2.41. The van der Waals surface area contributed by atoms with E-state index in [9.17, 15) is 0 Å². The minimum atomic E-state index is 1.02. The first-order valence-corrected chi connectivity index (χ1v) is 5.87. The summed E-state index contributed by atoms with van der Waals surface area (Å²) < 4.78 is 5.58. The summed E-state index contributed by atoms with van der Waals surface area (Å²) in [7, 11) is 0. The van der Waals surface area contributed by atoms with Crippen LogP contribution in [0.3, 0.4) is 0 Å². The number of benzene rings is 1. The van der Waals surface area contributed by atoms with E-state index in [2.05, 4.69) is 28.4 Å². The second kappa shape index (κ2) is 4.18. The number of furan rings is 1. The maximum atomic E-state index is 5.58. The van der Waals surface area contributed by atoms with Crippen LogP contribution in [0.15, 0.2) is 34.9 Å². The van der Waals surface area contributed by atoms with Crippen molar-refractivity contribution >= 4 is 16.7 Å². The molecule has 0 saturated carbocycles. The molecule has 2 aromatic rings. The van der Waals surface area contributed by atoms with Crippen molar-refractivity contribution < 1.29 is 4.42 Å². The van der Waals surface area contributed by atoms with Crippen LogP contribution in [0.4, 0.5) is 5.69 Å². The third-order valence-corrected chi connectivity index (χ3v) is 3.14. The maximum Gasteiger partial charge on any atom is 0.157 e. The molecule has 1 aliphatic heterocycles. The van der Waals surface area contributed by atoms with Crippen molar-refractivity contribution in [2.45, 2.75) is 6.42 Å². The van der Waals surface area contributed by atoms with E-state index in [0.717, 1.165) is 31.8 Å². The van der Waals surface area contributed by atoms with E-state index in [1.165, 1.54) is 17.5 Å². The van der Waals surface area contributed by atoms with Gasteiger partial charge in [-0.2, -0.15) is 0 Å². The van der Waals surface area contributed by atoms with E-state index in [0.29, 0.717) is 0 Å². The highest BCUT2D eigenvalue weighted by molar-refractivity contribution is 5.89. The average molecular weight is 216 g/mol. The van der Waals surface area contributed by atoms with Crippen LogP contribution >= 0.6 is 0 Å². The van der Waals surface area contributed by atoms with Crippen LogP contribution in [-0.2, 0) is 0 Å². The number of nitrogens with one attached hydrogen (secondary N) is 1. The Labute approximate surface area is 95.0 Å². The molecule has 1 aromatic heterocycles. The van der Waals surface area contributed by atoms with Crippen molar-refractivity contribution in [2.75, 3.05) is 31.1 Å². The lowest BCUT2D eigenvalue weighted by Gasteiger charge is -2.22. The van der Waals surface area contributed by atoms with Crippen molar-refractivity contribution in [3.63, 3.8) is 0 Å². The number of hydrogen-bond acceptors (Lipinski definition) is 3. The summed E-state index contributed by atoms with van der Waals surface area (Å²) >= 11 is 0. The number of hydrogen-bond donors (Lipinski definition) is 1. The summed E-state index contributed by atoms with van der Waals surface area (Å²) in [6.45, 7) is 4.33. The van der Waals surface area contributed by atoms with Gasteiger partial charge in [-0.25, -0.2) is 0 Å². The molecule has 2 heterocycles.